The van der Waals surface area contributed by atoms with Gasteiger partial charge in [0.15, 0.2) is 5.96 Å². The predicted octanol–water partition coefficient (Wildman–Crippen LogP) is 3.69. The quantitative estimate of drug-likeness (QED) is 0.200. The first-order valence-corrected chi connectivity index (χ1v) is 8.23. The van der Waals surface area contributed by atoms with Crippen molar-refractivity contribution < 1.29 is 9.57 Å². The Morgan fingerprint density at radius 3 is 2.32 bits per heavy atom. The SMILES string of the molecule is CC(C)N(C(=N)N)C(N)=NOCCCOc1cc(Cl)c(Cl)cc1Cl.Cl. The Kier molecular flexibility index (Phi) is 10.8. The summed E-state index contributed by atoms with van der Waals surface area (Å²) in [5.74, 6) is 0.259. The molecule has 0 aliphatic carbocycles. The molecule has 0 heterocycles. The molecule has 142 valence electrons. The highest BCUT2D eigenvalue weighted by Crippen LogP contribution is 2.33. The molecule has 0 aliphatic rings. The van der Waals surface area contributed by atoms with Crippen LogP contribution in [0.25, 0.3) is 0 Å². The summed E-state index contributed by atoms with van der Waals surface area (Å²) in [5, 5.41) is 12.3. The molecular weight excluding hydrogens is 412 g/mol. The van der Waals surface area contributed by atoms with Gasteiger partial charge in [-0.3, -0.25) is 10.3 Å². The fourth-order valence-electron chi connectivity index (χ4n) is 1.74. The van der Waals surface area contributed by atoms with Crippen LogP contribution >= 0.6 is 47.2 Å². The molecule has 0 radical (unpaired) electrons. The second-order valence-corrected chi connectivity index (χ2v) is 6.25. The van der Waals surface area contributed by atoms with Gasteiger partial charge in [0.1, 0.15) is 12.4 Å². The van der Waals surface area contributed by atoms with Crippen molar-refractivity contribution in [2.75, 3.05) is 13.2 Å². The molecule has 0 saturated heterocycles. The monoisotopic (exact) mass is 431 g/mol. The zero-order chi connectivity index (χ0) is 18.3. The summed E-state index contributed by atoms with van der Waals surface area (Å²) in [6.07, 6.45) is 0.537. The maximum Gasteiger partial charge on any atom is 0.240 e. The molecule has 0 aromatic heterocycles. The minimum absolute atomic E-state index is 0. The topological polar surface area (TPSA) is 110 Å². The molecule has 1 rings (SSSR count). The Hall–Kier alpha value is -1.28. The van der Waals surface area contributed by atoms with E-state index in [-0.39, 0.29) is 37.0 Å². The van der Waals surface area contributed by atoms with Crippen LogP contribution in [0.4, 0.5) is 0 Å². The van der Waals surface area contributed by atoms with E-state index in [0.29, 0.717) is 33.8 Å². The van der Waals surface area contributed by atoms with E-state index in [2.05, 4.69) is 5.16 Å². The van der Waals surface area contributed by atoms with Crippen molar-refractivity contribution in [1.82, 2.24) is 4.90 Å². The van der Waals surface area contributed by atoms with E-state index >= 15 is 0 Å². The highest BCUT2D eigenvalue weighted by Gasteiger charge is 2.15. The van der Waals surface area contributed by atoms with Crippen LogP contribution in [0.5, 0.6) is 5.75 Å². The molecule has 0 saturated carbocycles. The predicted molar refractivity (Wildman–Crippen MR) is 105 cm³/mol. The van der Waals surface area contributed by atoms with Gasteiger partial charge in [0, 0.05) is 18.5 Å². The second kappa shape index (κ2) is 11.4. The van der Waals surface area contributed by atoms with Crippen molar-refractivity contribution in [3.05, 3.63) is 27.2 Å². The van der Waals surface area contributed by atoms with Gasteiger partial charge in [-0.05, 0) is 25.1 Å². The molecule has 0 atom stereocenters. The maximum atomic E-state index is 7.44. The lowest BCUT2D eigenvalue weighted by molar-refractivity contribution is 0.124. The minimum Gasteiger partial charge on any atom is -0.492 e. The van der Waals surface area contributed by atoms with Crippen LogP contribution in [-0.2, 0) is 4.84 Å². The summed E-state index contributed by atoms with van der Waals surface area (Å²) in [5.41, 5.74) is 11.2. The summed E-state index contributed by atoms with van der Waals surface area (Å²) in [6, 6.07) is 2.97. The molecule has 7 nitrogen and oxygen atoms in total. The highest BCUT2D eigenvalue weighted by molar-refractivity contribution is 6.43. The van der Waals surface area contributed by atoms with E-state index in [1.54, 1.807) is 6.07 Å². The lowest BCUT2D eigenvalue weighted by Gasteiger charge is -2.24. The van der Waals surface area contributed by atoms with Crippen LogP contribution in [-0.4, -0.2) is 36.1 Å². The third-order valence-electron chi connectivity index (χ3n) is 2.79. The van der Waals surface area contributed by atoms with Gasteiger partial charge in [-0.25, -0.2) is 0 Å². The van der Waals surface area contributed by atoms with E-state index in [9.17, 15) is 0 Å². The molecule has 1 aromatic carbocycles. The molecule has 0 spiro atoms. The molecule has 25 heavy (non-hydrogen) atoms. The van der Waals surface area contributed by atoms with Crippen LogP contribution in [0.3, 0.4) is 0 Å². The smallest absolute Gasteiger partial charge is 0.240 e. The number of nitrogens with one attached hydrogen (secondary N) is 1. The molecule has 11 heteroatoms. The fourth-order valence-corrected chi connectivity index (χ4v) is 2.33. The lowest BCUT2D eigenvalue weighted by Crippen LogP contribution is -2.49. The van der Waals surface area contributed by atoms with Crippen molar-refractivity contribution in [2.45, 2.75) is 26.3 Å². The standard InChI is InChI=1S/C14H20Cl3N5O2.ClH/c1-8(2)22(13(18)19)14(20)21-24-5-3-4-23-12-7-10(16)9(15)6-11(12)17;/h6-8H,3-5H2,1-2H3,(H3,18,19)(H2,20,21);1H. The number of nitrogens with zero attached hydrogens (tertiary/aromatic N) is 2. The number of hydrogen-bond acceptors (Lipinski definition) is 4. The van der Waals surface area contributed by atoms with Crippen LogP contribution in [0.15, 0.2) is 17.3 Å². The van der Waals surface area contributed by atoms with Gasteiger partial charge in [-0.2, -0.15) is 0 Å². The van der Waals surface area contributed by atoms with E-state index in [1.165, 1.54) is 11.0 Å². The first-order valence-electron chi connectivity index (χ1n) is 7.10. The lowest BCUT2D eigenvalue weighted by atomic mass is 10.3. The zero-order valence-electron chi connectivity index (χ0n) is 13.8. The Bertz CT molecular complexity index is 613. The van der Waals surface area contributed by atoms with Crippen molar-refractivity contribution >= 4 is 59.1 Å². The van der Waals surface area contributed by atoms with Gasteiger partial charge in [-0.1, -0.05) is 34.8 Å². The normalized spacial score (nSPS) is 11.0. The molecular formula is C14H21Cl4N5O2. The van der Waals surface area contributed by atoms with E-state index < -0.39 is 0 Å². The number of benzene rings is 1. The third-order valence-corrected chi connectivity index (χ3v) is 3.81. The number of nitrogens with two attached hydrogens (primary N) is 2. The van der Waals surface area contributed by atoms with Crippen molar-refractivity contribution in [3.63, 3.8) is 0 Å². The molecule has 0 unspecified atom stereocenters. The summed E-state index contributed by atoms with van der Waals surface area (Å²) < 4.78 is 5.50. The first kappa shape index (κ1) is 23.7. The fraction of sp³-hybridized carbons (Fsp3) is 0.429. The number of rotatable bonds is 7. The number of oxime groups is 1. The van der Waals surface area contributed by atoms with Crippen LogP contribution in [0.1, 0.15) is 20.3 Å². The van der Waals surface area contributed by atoms with Crippen molar-refractivity contribution in [1.29, 1.82) is 5.41 Å². The molecule has 0 bridgehead atoms. The van der Waals surface area contributed by atoms with E-state index in [1.807, 2.05) is 13.8 Å². The molecule has 5 N–H and O–H groups in total. The van der Waals surface area contributed by atoms with Crippen LogP contribution in [0, 0.1) is 5.41 Å². The summed E-state index contributed by atoms with van der Waals surface area (Å²) in [4.78, 5) is 6.44. The molecule has 1 aromatic rings. The number of guanidine groups is 2. The van der Waals surface area contributed by atoms with Gasteiger partial charge in [0.25, 0.3) is 0 Å². The van der Waals surface area contributed by atoms with Crippen molar-refractivity contribution in [2.24, 2.45) is 16.6 Å². The zero-order valence-corrected chi connectivity index (χ0v) is 16.8. The molecule has 0 amide bonds. The summed E-state index contributed by atoms with van der Waals surface area (Å²) in [6.45, 7) is 4.27. The minimum atomic E-state index is -0.201. The van der Waals surface area contributed by atoms with E-state index in [0.717, 1.165) is 0 Å². The molecule has 0 fully saturated rings. The average molecular weight is 433 g/mol. The second-order valence-electron chi connectivity index (χ2n) is 5.03. The van der Waals surface area contributed by atoms with Gasteiger partial charge >= 0.3 is 0 Å². The third kappa shape index (κ3) is 7.64. The van der Waals surface area contributed by atoms with Gasteiger partial charge in [0.05, 0.1) is 21.7 Å². The Morgan fingerprint density at radius 1 is 1.16 bits per heavy atom. The number of ether oxygens (including phenoxy) is 1. The maximum absolute atomic E-state index is 7.44. The highest BCUT2D eigenvalue weighted by atomic mass is 35.5. The van der Waals surface area contributed by atoms with Gasteiger partial charge in [0.2, 0.25) is 5.96 Å². The van der Waals surface area contributed by atoms with Crippen LogP contribution < -0.4 is 16.2 Å². The Balaban J connectivity index is 0.00000576. The summed E-state index contributed by atoms with van der Waals surface area (Å²) >= 11 is 17.7. The van der Waals surface area contributed by atoms with Crippen molar-refractivity contribution in [3.8, 4) is 5.75 Å². The number of hydrogen-bond donors (Lipinski definition) is 3. The Morgan fingerprint density at radius 2 is 1.76 bits per heavy atom. The largest absolute Gasteiger partial charge is 0.492 e. The van der Waals surface area contributed by atoms with E-state index in [4.69, 9.17) is 61.3 Å². The first-order chi connectivity index (χ1) is 11.2. The van der Waals surface area contributed by atoms with Gasteiger partial charge in [-0.15, -0.1) is 12.4 Å². The average Bonchev–Trinajstić information content (AvgIpc) is 2.46. The van der Waals surface area contributed by atoms with Crippen LogP contribution in [0.2, 0.25) is 15.1 Å². The molecule has 0 aliphatic heterocycles. The van der Waals surface area contributed by atoms with Gasteiger partial charge < -0.3 is 21.0 Å². The number of halogens is 4. The summed E-state index contributed by atoms with van der Waals surface area (Å²) in [7, 11) is 0. The Labute approximate surface area is 168 Å².